The van der Waals surface area contributed by atoms with Crippen molar-refractivity contribution in [1.82, 2.24) is 0 Å². The first kappa shape index (κ1) is 34.5. The second kappa shape index (κ2) is 11.8. The molecule has 0 fully saturated rings. The normalized spacial score (nSPS) is 15.7. The van der Waals surface area contributed by atoms with Gasteiger partial charge in [0.05, 0.1) is 0 Å². The highest BCUT2D eigenvalue weighted by molar-refractivity contribution is 6.21. The maximum Gasteiger partial charge on any atom is 0.0171 e. The van der Waals surface area contributed by atoms with E-state index in [0.29, 0.717) is 0 Å². The van der Waals surface area contributed by atoms with E-state index in [1.165, 1.54) is 122 Å². The molecule has 0 unspecified atom stereocenters. The van der Waals surface area contributed by atoms with Gasteiger partial charge < -0.3 is 0 Å². The first-order valence-corrected chi connectivity index (χ1v) is 21.3. The van der Waals surface area contributed by atoms with Gasteiger partial charge in [-0.05, 0) is 134 Å². The van der Waals surface area contributed by atoms with Gasteiger partial charge in [-0.25, -0.2) is 0 Å². The van der Waals surface area contributed by atoms with Gasteiger partial charge in [0.25, 0.3) is 0 Å². The van der Waals surface area contributed by atoms with Crippen molar-refractivity contribution in [2.45, 2.75) is 57.8 Å². The lowest BCUT2D eigenvalue weighted by Crippen LogP contribution is -2.19. The van der Waals surface area contributed by atoms with Crippen LogP contribution in [0.3, 0.4) is 0 Å². The van der Waals surface area contributed by atoms with Gasteiger partial charge >= 0.3 is 0 Å². The molecule has 0 atom stereocenters. The lowest BCUT2D eigenvalue weighted by molar-refractivity contribution is 0.648. The Morgan fingerprint density at radius 2 is 0.763 bits per heavy atom. The van der Waals surface area contributed by atoms with Crippen molar-refractivity contribution in [3.63, 3.8) is 0 Å². The standard InChI is InChI=1S/C59H46/c1-57(2)48-26-15-14-23-46(48)54-50(57)32-30-45-44-25-16-24-38(55(44)59(5,6)56(45)54)36-28-31-49-47(33-36)39-29-27-37(34-51(39)58(49,3)4)53-42-21-12-10-19-40(42)52(35-17-8-7-9-18-35)41-20-11-13-22-43(41)53/h7-34H,1-6H3. The summed E-state index contributed by atoms with van der Waals surface area (Å²) < 4.78 is 0. The fraction of sp³-hybridized carbons (Fsp3) is 0.153. The van der Waals surface area contributed by atoms with E-state index < -0.39 is 0 Å². The van der Waals surface area contributed by atoms with Gasteiger partial charge in [0, 0.05) is 16.2 Å². The van der Waals surface area contributed by atoms with Gasteiger partial charge in [0.2, 0.25) is 0 Å². The minimum absolute atomic E-state index is 0.0273. The van der Waals surface area contributed by atoms with Crippen LogP contribution in [0.4, 0.5) is 0 Å². The maximum absolute atomic E-state index is 2.51. The fourth-order valence-electron chi connectivity index (χ4n) is 11.9. The van der Waals surface area contributed by atoms with Crippen molar-refractivity contribution in [3.8, 4) is 66.8 Å². The molecule has 0 bridgehead atoms. The van der Waals surface area contributed by atoms with Gasteiger partial charge in [0.1, 0.15) is 0 Å². The van der Waals surface area contributed by atoms with Crippen molar-refractivity contribution in [2.75, 3.05) is 0 Å². The molecule has 3 aliphatic rings. The maximum atomic E-state index is 2.51. The molecule has 9 aromatic carbocycles. The Kier molecular flexibility index (Phi) is 6.91. The quantitative estimate of drug-likeness (QED) is 0.158. The largest absolute Gasteiger partial charge is 0.0622 e. The van der Waals surface area contributed by atoms with Crippen LogP contribution in [0.5, 0.6) is 0 Å². The summed E-state index contributed by atoms with van der Waals surface area (Å²) in [4.78, 5) is 0. The lowest BCUT2D eigenvalue weighted by atomic mass is 9.75. The lowest BCUT2D eigenvalue weighted by Gasteiger charge is -2.28. The molecule has 0 spiro atoms. The summed E-state index contributed by atoms with van der Waals surface area (Å²) in [6.45, 7) is 14.5. The molecule has 0 aromatic heterocycles. The molecular formula is C59H46. The predicted molar refractivity (Wildman–Crippen MR) is 250 cm³/mol. The van der Waals surface area contributed by atoms with E-state index in [4.69, 9.17) is 0 Å². The molecule has 0 heterocycles. The van der Waals surface area contributed by atoms with Gasteiger partial charge in [-0.2, -0.15) is 0 Å². The highest BCUT2D eigenvalue weighted by Gasteiger charge is 2.45. The Labute approximate surface area is 347 Å². The van der Waals surface area contributed by atoms with E-state index in [1.807, 2.05) is 0 Å². The van der Waals surface area contributed by atoms with Crippen LogP contribution in [0, 0.1) is 0 Å². The summed E-state index contributed by atoms with van der Waals surface area (Å²) in [5, 5.41) is 5.16. The van der Waals surface area contributed by atoms with Gasteiger partial charge in [-0.3, -0.25) is 0 Å². The summed E-state index contributed by atoms with van der Waals surface area (Å²) in [5.41, 5.74) is 24.3. The number of benzene rings is 9. The third kappa shape index (κ3) is 4.50. The SMILES string of the molecule is CC1(C)c2ccc(-c3cccc4c3C(C)(C)c3c-4ccc4c3-c3ccccc3C4(C)C)cc2-c2ccc(-c3c4ccccc4c(-c4ccccc4)c4ccccc34)cc21. The molecule has 0 radical (unpaired) electrons. The zero-order valence-electron chi connectivity index (χ0n) is 34.7. The molecule has 9 aromatic rings. The average Bonchev–Trinajstić information content (AvgIpc) is 3.75. The molecule has 0 heteroatoms. The molecule has 0 N–H and O–H groups in total. The Bertz CT molecular complexity index is 3220. The van der Waals surface area contributed by atoms with Crippen LogP contribution >= 0.6 is 0 Å². The molecule has 3 aliphatic carbocycles. The van der Waals surface area contributed by atoms with Crippen LogP contribution in [0.15, 0.2) is 170 Å². The second-order valence-electron chi connectivity index (χ2n) is 18.8. The first-order chi connectivity index (χ1) is 28.6. The molecule has 12 rings (SSSR count). The molecule has 59 heavy (non-hydrogen) atoms. The van der Waals surface area contributed by atoms with E-state index >= 15 is 0 Å². The Hall–Kier alpha value is -6.50. The first-order valence-electron chi connectivity index (χ1n) is 21.3. The average molecular weight is 755 g/mol. The summed E-state index contributed by atoms with van der Waals surface area (Å²) in [5.74, 6) is 0. The van der Waals surface area contributed by atoms with E-state index in [0.717, 1.165) is 0 Å². The monoisotopic (exact) mass is 754 g/mol. The van der Waals surface area contributed by atoms with E-state index in [1.54, 1.807) is 0 Å². The van der Waals surface area contributed by atoms with Crippen LogP contribution in [-0.4, -0.2) is 0 Å². The summed E-state index contributed by atoms with van der Waals surface area (Å²) in [7, 11) is 0. The summed E-state index contributed by atoms with van der Waals surface area (Å²) in [6.07, 6.45) is 0. The molecular weight excluding hydrogens is 709 g/mol. The number of hydrogen-bond acceptors (Lipinski definition) is 0. The van der Waals surface area contributed by atoms with E-state index in [-0.39, 0.29) is 16.2 Å². The van der Waals surface area contributed by atoms with Crippen LogP contribution in [0.2, 0.25) is 0 Å². The highest BCUT2D eigenvalue weighted by Crippen LogP contribution is 2.61. The van der Waals surface area contributed by atoms with E-state index in [9.17, 15) is 0 Å². The van der Waals surface area contributed by atoms with Crippen LogP contribution in [0.25, 0.3) is 88.3 Å². The number of fused-ring (bicyclic) bond motifs is 12. The smallest absolute Gasteiger partial charge is 0.0171 e. The molecule has 0 nitrogen and oxygen atoms in total. The Balaban J connectivity index is 1.01. The van der Waals surface area contributed by atoms with Crippen molar-refractivity contribution in [3.05, 3.63) is 203 Å². The number of hydrogen-bond donors (Lipinski definition) is 0. The molecule has 0 saturated carbocycles. The minimum atomic E-state index is -0.174. The van der Waals surface area contributed by atoms with E-state index in [2.05, 4.69) is 211 Å². The minimum Gasteiger partial charge on any atom is -0.0622 e. The zero-order valence-corrected chi connectivity index (χ0v) is 34.7. The van der Waals surface area contributed by atoms with Gasteiger partial charge in [-0.15, -0.1) is 0 Å². The van der Waals surface area contributed by atoms with Crippen molar-refractivity contribution < 1.29 is 0 Å². The summed E-state index contributed by atoms with van der Waals surface area (Å²) >= 11 is 0. The molecule has 0 saturated heterocycles. The number of rotatable bonds is 3. The predicted octanol–water partition coefficient (Wildman–Crippen LogP) is 15.9. The Morgan fingerprint density at radius 3 is 1.47 bits per heavy atom. The van der Waals surface area contributed by atoms with Gasteiger partial charge in [0.15, 0.2) is 0 Å². The molecule has 0 amide bonds. The highest BCUT2D eigenvalue weighted by atomic mass is 14.5. The van der Waals surface area contributed by atoms with Gasteiger partial charge in [-0.1, -0.05) is 199 Å². The van der Waals surface area contributed by atoms with Crippen molar-refractivity contribution >= 4 is 21.5 Å². The van der Waals surface area contributed by atoms with Crippen molar-refractivity contribution in [1.29, 1.82) is 0 Å². The topological polar surface area (TPSA) is 0 Å². The third-order valence-corrected chi connectivity index (χ3v) is 14.6. The molecule has 282 valence electrons. The zero-order chi connectivity index (χ0) is 40.0. The van der Waals surface area contributed by atoms with Crippen LogP contribution in [0.1, 0.15) is 74.9 Å². The molecule has 0 aliphatic heterocycles. The fourth-order valence-corrected chi connectivity index (χ4v) is 11.9. The van der Waals surface area contributed by atoms with Crippen LogP contribution in [-0.2, 0) is 16.2 Å². The summed E-state index contributed by atoms with van der Waals surface area (Å²) in [6, 6.07) is 64.4. The third-order valence-electron chi connectivity index (χ3n) is 14.6. The second-order valence-corrected chi connectivity index (χ2v) is 18.8. The Morgan fingerprint density at radius 1 is 0.254 bits per heavy atom. The van der Waals surface area contributed by atoms with Crippen LogP contribution < -0.4 is 0 Å². The van der Waals surface area contributed by atoms with Crippen molar-refractivity contribution in [2.24, 2.45) is 0 Å².